The molecule has 0 spiro atoms. The summed E-state index contributed by atoms with van der Waals surface area (Å²) < 4.78 is 33.0. The summed E-state index contributed by atoms with van der Waals surface area (Å²) in [4.78, 5) is 8.59. The fraction of sp³-hybridized carbons (Fsp3) is 0.286. The minimum atomic E-state index is -3.55. The van der Waals surface area contributed by atoms with Crippen molar-refractivity contribution >= 4 is 26.0 Å². The van der Waals surface area contributed by atoms with E-state index in [2.05, 4.69) is 25.9 Å². The van der Waals surface area contributed by atoms with Gasteiger partial charge in [-0.2, -0.15) is 8.42 Å². The van der Waals surface area contributed by atoms with Gasteiger partial charge in [-0.15, -0.1) is 0 Å². The Labute approximate surface area is 137 Å². The van der Waals surface area contributed by atoms with Gasteiger partial charge in [0.25, 0.3) is 10.1 Å². The molecule has 0 bridgehead atoms. The highest BCUT2D eigenvalue weighted by Gasteiger charge is 2.14. The lowest BCUT2D eigenvalue weighted by Crippen LogP contribution is -2.07. The number of hydrogen-bond acceptors (Lipinski definition) is 6. The summed E-state index contributed by atoms with van der Waals surface area (Å²) in [6.07, 6.45) is 2.55. The molecule has 1 heterocycles. The first-order chi connectivity index (χ1) is 10.3. The Morgan fingerprint density at radius 1 is 1.32 bits per heavy atom. The molecular formula is C14H15BrN2O4S. The van der Waals surface area contributed by atoms with E-state index in [0.29, 0.717) is 11.4 Å². The van der Waals surface area contributed by atoms with Crippen LogP contribution < -0.4 is 4.74 Å². The summed E-state index contributed by atoms with van der Waals surface area (Å²) in [6.45, 7) is 1.75. The van der Waals surface area contributed by atoms with Crippen LogP contribution in [0.25, 0.3) is 11.3 Å². The number of benzene rings is 1. The molecule has 0 atom stereocenters. The maximum absolute atomic E-state index is 11.1. The van der Waals surface area contributed by atoms with Crippen LogP contribution in [-0.4, -0.2) is 31.8 Å². The Morgan fingerprint density at radius 3 is 2.68 bits per heavy atom. The largest absolute Gasteiger partial charge is 0.480 e. The first-order valence-corrected chi connectivity index (χ1v) is 8.92. The zero-order valence-corrected chi connectivity index (χ0v) is 14.7. The fourth-order valence-corrected chi connectivity index (χ4v) is 2.53. The van der Waals surface area contributed by atoms with E-state index in [-0.39, 0.29) is 12.5 Å². The summed E-state index contributed by atoms with van der Waals surface area (Å²) in [6, 6.07) is 5.77. The van der Waals surface area contributed by atoms with Crippen LogP contribution in [0.1, 0.15) is 11.3 Å². The van der Waals surface area contributed by atoms with Gasteiger partial charge in [0.2, 0.25) is 5.88 Å². The van der Waals surface area contributed by atoms with Crippen molar-refractivity contribution in [3.8, 4) is 17.1 Å². The predicted molar refractivity (Wildman–Crippen MR) is 86.1 cm³/mol. The molecule has 0 unspecified atom stereocenters. The van der Waals surface area contributed by atoms with Gasteiger partial charge in [-0.3, -0.25) is 9.17 Å². The molecule has 2 rings (SSSR count). The Balaban J connectivity index is 2.39. The molecule has 0 radical (unpaired) electrons. The number of halogens is 1. The molecule has 0 fully saturated rings. The lowest BCUT2D eigenvalue weighted by Gasteiger charge is -2.11. The average Bonchev–Trinajstić information content (AvgIpc) is 2.47. The van der Waals surface area contributed by atoms with E-state index in [4.69, 9.17) is 8.92 Å². The topological polar surface area (TPSA) is 78.4 Å². The van der Waals surface area contributed by atoms with Crippen LogP contribution in [0.2, 0.25) is 0 Å². The molecule has 1 aromatic heterocycles. The third-order valence-electron chi connectivity index (χ3n) is 2.96. The molecule has 1 aromatic carbocycles. The second-order valence-electron chi connectivity index (χ2n) is 4.59. The average molecular weight is 387 g/mol. The summed E-state index contributed by atoms with van der Waals surface area (Å²) in [7, 11) is -2.10. The monoisotopic (exact) mass is 386 g/mol. The van der Waals surface area contributed by atoms with Crippen molar-refractivity contribution in [1.29, 1.82) is 0 Å². The Hall–Kier alpha value is -1.51. The molecule has 118 valence electrons. The van der Waals surface area contributed by atoms with Crippen molar-refractivity contribution in [2.24, 2.45) is 0 Å². The molecule has 0 saturated heterocycles. The highest BCUT2D eigenvalue weighted by Crippen LogP contribution is 2.28. The second kappa shape index (κ2) is 6.72. The molecule has 0 aliphatic carbocycles. The van der Waals surface area contributed by atoms with Crippen LogP contribution in [-0.2, 0) is 20.9 Å². The number of hydrogen-bond donors (Lipinski definition) is 0. The van der Waals surface area contributed by atoms with Gasteiger partial charge in [-0.1, -0.05) is 28.1 Å². The van der Waals surface area contributed by atoms with Gasteiger partial charge in [0.05, 0.1) is 25.3 Å². The summed E-state index contributed by atoms with van der Waals surface area (Å²) in [5, 5.41) is 0. The third-order valence-corrected chi connectivity index (χ3v) is 4.36. The van der Waals surface area contributed by atoms with Gasteiger partial charge in [0.15, 0.2) is 0 Å². The number of rotatable bonds is 5. The highest BCUT2D eigenvalue weighted by molar-refractivity contribution is 9.10. The number of ether oxygens (including phenoxy) is 1. The zero-order valence-electron chi connectivity index (χ0n) is 12.3. The first-order valence-electron chi connectivity index (χ1n) is 6.31. The van der Waals surface area contributed by atoms with Crippen LogP contribution >= 0.6 is 15.9 Å². The third kappa shape index (κ3) is 4.02. The molecule has 0 N–H and O–H groups in total. The minimum Gasteiger partial charge on any atom is -0.480 e. The molecule has 8 heteroatoms. The molecular weight excluding hydrogens is 372 g/mol. The second-order valence-corrected chi connectivity index (χ2v) is 7.09. The summed E-state index contributed by atoms with van der Waals surface area (Å²) in [5.41, 5.74) is 2.90. The van der Waals surface area contributed by atoms with Crippen molar-refractivity contribution in [2.75, 3.05) is 13.4 Å². The predicted octanol–water partition coefficient (Wildman–Crippen LogP) is 2.70. The van der Waals surface area contributed by atoms with Gasteiger partial charge >= 0.3 is 0 Å². The molecule has 6 nitrogen and oxygen atoms in total. The van der Waals surface area contributed by atoms with Crippen molar-refractivity contribution < 1.29 is 17.3 Å². The van der Waals surface area contributed by atoms with Crippen LogP contribution in [0.5, 0.6) is 5.88 Å². The minimum absolute atomic E-state index is 0.216. The van der Waals surface area contributed by atoms with Crippen molar-refractivity contribution in [1.82, 2.24) is 9.97 Å². The molecule has 22 heavy (non-hydrogen) atoms. The van der Waals surface area contributed by atoms with Gasteiger partial charge in [-0.25, -0.2) is 4.98 Å². The van der Waals surface area contributed by atoms with Gasteiger partial charge in [0, 0.05) is 10.0 Å². The van der Waals surface area contributed by atoms with Crippen LogP contribution in [0.4, 0.5) is 0 Å². The van der Waals surface area contributed by atoms with E-state index in [1.54, 1.807) is 6.20 Å². The van der Waals surface area contributed by atoms with E-state index in [0.717, 1.165) is 21.9 Å². The van der Waals surface area contributed by atoms with E-state index >= 15 is 0 Å². The first kappa shape index (κ1) is 16.9. The van der Waals surface area contributed by atoms with Gasteiger partial charge in [-0.05, 0) is 18.6 Å². The van der Waals surface area contributed by atoms with Gasteiger partial charge < -0.3 is 4.74 Å². The maximum Gasteiger partial charge on any atom is 0.264 e. The van der Waals surface area contributed by atoms with Crippen molar-refractivity contribution in [3.05, 3.63) is 40.1 Å². The SMILES string of the molecule is COc1nc(-c2cccc(Br)c2C)cnc1COS(C)(=O)=O. The van der Waals surface area contributed by atoms with E-state index in [1.807, 2.05) is 25.1 Å². The lowest BCUT2D eigenvalue weighted by molar-refractivity contribution is 0.294. The normalized spacial score (nSPS) is 11.5. The van der Waals surface area contributed by atoms with Crippen LogP contribution in [0, 0.1) is 6.92 Å². The molecule has 2 aromatic rings. The fourth-order valence-electron chi connectivity index (χ4n) is 1.84. The zero-order chi connectivity index (χ0) is 16.3. The summed E-state index contributed by atoms with van der Waals surface area (Å²) in [5.74, 6) is 0.237. The number of nitrogens with zero attached hydrogens (tertiary/aromatic N) is 2. The van der Waals surface area contributed by atoms with Crippen molar-refractivity contribution in [3.63, 3.8) is 0 Å². The van der Waals surface area contributed by atoms with Crippen LogP contribution in [0.3, 0.4) is 0 Å². The lowest BCUT2D eigenvalue weighted by atomic mass is 10.1. The van der Waals surface area contributed by atoms with Gasteiger partial charge in [0.1, 0.15) is 12.3 Å². The maximum atomic E-state index is 11.1. The summed E-state index contributed by atoms with van der Waals surface area (Å²) >= 11 is 3.47. The number of aromatic nitrogens is 2. The number of methoxy groups -OCH3 is 1. The smallest absolute Gasteiger partial charge is 0.264 e. The van der Waals surface area contributed by atoms with E-state index < -0.39 is 10.1 Å². The molecule has 0 aliphatic rings. The Kier molecular flexibility index (Phi) is 5.15. The standard InChI is InChI=1S/C14H15BrN2O4S/c1-9-10(5-4-6-11(9)15)12-7-16-13(14(17-12)20-2)8-21-22(3,18)19/h4-7H,8H2,1-3H3. The highest BCUT2D eigenvalue weighted by atomic mass is 79.9. The quantitative estimate of drug-likeness (QED) is 0.735. The molecule has 0 aliphatic heterocycles. The molecule has 0 amide bonds. The molecule has 0 saturated carbocycles. The van der Waals surface area contributed by atoms with E-state index in [1.165, 1.54) is 7.11 Å². The van der Waals surface area contributed by atoms with E-state index in [9.17, 15) is 8.42 Å². The Bertz CT molecular complexity index is 793. The van der Waals surface area contributed by atoms with Crippen molar-refractivity contribution in [2.45, 2.75) is 13.5 Å². The van der Waals surface area contributed by atoms with Crippen LogP contribution in [0.15, 0.2) is 28.9 Å². The Morgan fingerprint density at radius 2 is 2.05 bits per heavy atom.